The van der Waals surface area contributed by atoms with Gasteiger partial charge in [-0.3, -0.25) is 9.88 Å². The van der Waals surface area contributed by atoms with Crippen molar-refractivity contribution in [3.8, 4) is 22.8 Å². The Kier molecular flexibility index (Phi) is 5.07. The molecule has 0 saturated heterocycles. The van der Waals surface area contributed by atoms with Crippen LogP contribution in [-0.4, -0.2) is 34.7 Å². The van der Waals surface area contributed by atoms with Crippen molar-refractivity contribution in [1.82, 2.24) is 9.88 Å². The van der Waals surface area contributed by atoms with Crippen LogP contribution in [0.2, 0.25) is 0 Å². The fourth-order valence-electron chi connectivity index (χ4n) is 3.66. The van der Waals surface area contributed by atoms with Crippen LogP contribution in [0.25, 0.3) is 11.3 Å². The van der Waals surface area contributed by atoms with Crippen LogP contribution in [-0.2, 0) is 6.54 Å². The van der Waals surface area contributed by atoms with Crippen molar-refractivity contribution in [2.75, 3.05) is 19.7 Å². The fraction of sp³-hybridized carbons (Fsp3) is 0.261. The summed E-state index contributed by atoms with van der Waals surface area (Å²) in [6.45, 7) is 5.36. The van der Waals surface area contributed by atoms with E-state index in [0.717, 1.165) is 36.5 Å². The molecule has 0 spiro atoms. The molecule has 4 rings (SSSR count). The maximum absolute atomic E-state index is 10.5. The summed E-state index contributed by atoms with van der Waals surface area (Å²) in [4.78, 5) is 6.80. The van der Waals surface area contributed by atoms with Crippen molar-refractivity contribution >= 4 is 0 Å². The number of aromatic nitrogens is 1. The number of nitrogens with zero attached hydrogens (tertiary/aromatic N) is 2. The Bertz CT molecular complexity index is 897. The first-order chi connectivity index (χ1) is 13.2. The Hall–Kier alpha value is -2.85. The molecule has 1 aliphatic heterocycles. The first-order valence-electron chi connectivity index (χ1n) is 9.38. The molecule has 27 heavy (non-hydrogen) atoms. The third-order valence-electron chi connectivity index (χ3n) is 5.06. The normalized spacial score (nSPS) is 15.4. The second-order valence-corrected chi connectivity index (χ2v) is 7.09. The molecular weight excluding hydrogens is 336 g/mol. The third-order valence-corrected chi connectivity index (χ3v) is 5.06. The molecule has 1 aromatic heterocycles. The summed E-state index contributed by atoms with van der Waals surface area (Å²) >= 11 is 0. The quantitative estimate of drug-likeness (QED) is 0.746. The van der Waals surface area contributed by atoms with Gasteiger partial charge in [-0.15, -0.1) is 0 Å². The largest absolute Gasteiger partial charge is 0.504 e. The van der Waals surface area contributed by atoms with Gasteiger partial charge in [0.15, 0.2) is 11.5 Å². The van der Waals surface area contributed by atoms with Gasteiger partial charge in [0.25, 0.3) is 0 Å². The summed E-state index contributed by atoms with van der Waals surface area (Å²) in [5.74, 6) is 1.22. The summed E-state index contributed by atoms with van der Waals surface area (Å²) in [5, 5.41) is 10.5. The minimum atomic E-state index is 0.186. The van der Waals surface area contributed by atoms with Crippen LogP contribution in [0.15, 0.2) is 66.9 Å². The first-order valence-corrected chi connectivity index (χ1v) is 9.38. The lowest BCUT2D eigenvalue weighted by Crippen LogP contribution is -2.29. The van der Waals surface area contributed by atoms with E-state index < -0.39 is 0 Å². The molecular formula is C23H24N2O2. The Morgan fingerprint density at radius 3 is 2.70 bits per heavy atom. The molecule has 3 aromatic rings. The zero-order valence-electron chi connectivity index (χ0n) is 15.5. The van der Waals surface area contributed by atoms with Gasteiger partial charge in [0.2, 0.25) is 0 Å². The molecule has 2 heterocycles. The van der Waals surface area contributed by atoms with Crippen LogP contribution in [0, 0.1) is 0 Å². The van der Waals surface area contributed by atoms with Gasteiger partial charge < -0.3 is 9.84 Å². The molecule has 1 unspecified atom stereocenters. The Morgan fingerprint density at radius 1 is 1.11 bits per heavy atom. The minimum absolute atomic E-state index is 0.186. The van der Waals surface area contributed by atoms with E-state index in [4.69, 9.17) is 4.74 Å². The fourth-order valence-corrected chi connectivity index (χ4v) is 3.66. The van der Waals surface area contributed by atoms with Crippen molar-refractivity contribution in [3.63, 3.8) is 0 Å². The van der Waals surface area contributed by atoms with E-state index in [1.165, 1.54) is 5.56 Å². The number of hydrogen-bond donors (Lipinski definition) is 1. The number of benzene rings is 2. The van der Waals surface area contributed by atoms with E-state index >= 15 is 0 Å². The predicted octanol–water partition coefficient (Wildman–Crippen LogP) is 4.45. The lowest BCUT2D eigenvalue weighted by atomic mass is 10.00. The summed E-state index contributed by atoms with van der Waals surface area (Å²) < 4.78 is 5.88. The van der Waals surface area contributed by atoms with E-state index in [2.05, 4.69) is 47.1 Å². The van der Waals surface area contributed by atoms with Crippen molar-refractivity contribution in [2.24, 2.45) is 0 Å². The van der Waals surface area contributed by atoms with Crippen LogP contribution < -0.4 is 4.74 Å². The highest BCUT2D eigenvalue weighted by molar-refractivity contribution is 5.66. The maximum atomic E-state index is 10.5. The van der Waals surface area contributed by atoms with E-state index in [9.17, 15) is 5.11 Å². The van der Waals surface area contributed by atoms with E-state index in [-0.39, 0.29) is 5.75 Å². The Labute approximate surface area is 160 Å². The minimum Gasteiger partial charge on any atom is -0.504 e. The topological polar surface area (TPSA) is 45.6 Å². The van der Waals surface area contributed by atoms with Crippen molar-refractivity contribution in [1.29, 1.82) is 0 Å². The number of aromatic hydroxyl groups is 1. The number of fused-ring (bicyclic) bond motifs is 1. The van der Waals surface area contributed by atoms with Crippen LogP contribution >= 0.6 is 0 Å². The van der Waals surface area contributed by atoms with Crippen LogP contribution in [0.4, 0.5) is 0 Å². The van der Waals surface area contributed by atoms with Crippen LogP contribution in [0.3, 0.4) is 0 Å². The molecule has 2 aromatic carbocycles. The summed E-state index contributed by atoms with van der Waals surface area (Å²) in [6.07, 6.45) is 1.77. The van der Waals surface area contributed by atoms with E-state index in [1.807, 2.05) is 24.3 Å². The number of hydrogen-bond acceptors (Lipinski definition) is 4. The van der Waals surface area contributed by atoms with Gasteiger partial charge in [-0.25, -0.2) is 0 Å². The van der Waals surface area contributed by atoms with Crippen LogP contribution in [0.5, 0.6) is 11.5 Å². The molecule has 1 atom stereocenters. The summed E-state index contributed by atoms with van der Waals surface area (Å²) in [6, 6.07) is 20.2. The maximum Gasteiger partial charge on any atom is 0.165 e. The third kappa shape index (κ3) is 3.96. The molecule has 138 valence electrons. The standard InChI is InChI=1S/C23H24N2O2/c1-17(18-7-3-2-4-8-18)15-25-11-12-27-23-20(16-25)13-19(14-22(23)26)21-9-5-6-10-24-21/h2-10,13-14,17,26H,11-12,15-16H2,1H3. The van der Waals surface area contributed by atoms with Gasteiger partial charge >= 0.3 is 0 Å². The smallest absolute Gasteiger partial charge is 0.165 e. The lowest BCUT2D eigenvalue weighted by Gasteiger charge is -2.24. The van der Waals surface area contributed by atoms with E-state index in [1.54, 1.807) is 12.3 Å². The molecule has 1 N–H and O–H groups in total. The van der Waals surface area contributed by atoms with Gasteiger partial charge in [0, 0.05) is 37.0 Å². The average molecular weight is 360 g/mol. The molecule has 0 fully saturated rings. The summed E-state index contributed by atoms with van der Waals surface area (Å²) in [5.41, 5.74) is 4.11. The predicted molar refractivity (Wildman–Crippen MR) is 107 cm³/mol. The molecule has 4 nitrogen and oxygen atoms in total. The number of rotatable bonds is 4. The molecule has 0 amide bonds. The summed E-state index contributed by atoms with van der Waals surface area (Å²) in [7, 11) is 0. The molecule has 0 saturated carbocycles. The van der Waals surface area contributed by atoms with Crippen LogP contribution in [0.1, 0.15) is 24.0 Å². The highest BCUT2D eigenvalue weighted by Crippen LogP contribution is 2.37. The zero-order valence-corrected chi connectivity index (χ0v) is 15.5. The highest BCUT2D eigenvalue weighted by atomic mass is 16.5. The molecule has 0 radical (unpaired) electrons. The highest BCUT2D eigenvalue weighted by Gasteiger charge is 2.21. The monoisotopic (exact) mass is 360 g/mol. The van der Waals surface area contributed by atoms with Crippen molar-refractivity contribution in [3.05, 3.63) is 78.0 Å². The van der Waals surface area contributed by atoms with Gasteiger partial charge in [-0.1, -0.05) is 43.3 Å². The van der Waals surface area contributed by atoms with Gasteiger partial charge in [0.1, 0.15) is 6.61 Å². The number of pyridine rings is 1. The van der Waals surface area contributed by atoms with Crippen molar-refractivity contribution in [2.45, 2.75) is 19.4 Å². The average Bonchev–Trinajstić information content (AvgIpc) is 2.91. The molecule has 4 heteroatoms. The number of phenols is 1. The van der Waals surface area contributed by atoms with Crippen molar-refractivity contribution < 1.29 is 9.84 Å². The first kappa shape index (κ1) is 17.6. The lowest BCUT2D eigenvalue weighted by molar-refractivity contribution is 0.216. The second-order valence-electron chi connectivity index (χ2n) is 7.09. The van der Waals surface area contributed by atoms with E-state index in [0.29, 0.717) is 18.3 Å². The second kappa shape index (κ2) is 7.80. The number of ether oxygens (including phenoxy) is 1. The Balaban J connectivity index is 1.58. The molecule has 1 aliphatic rings. The van der Waals surface area contributed by atoms with Gasteiger partial charge in [-0.05, 0) is 35.7 Å². The molecule has 0 bridgehead atoms. The SMILES string of the molecule is CC(CN1CCOc2c(O)cc(-c3ccccn3)cc2C1)c1ccccc1. The zero-order chi connectivity index (χ0) is 18.6. The Morgan fingerprint density at radius 2 is 1.93 bits per heavy atom. The molecule has 0 aliphatic carbocycles. The number of phenolic OH excluding ortho intramolecular Hbond substituents is 1. The van der Waals surface area contributed by atoms with Gasteiger partial charge in [0.05, 0.1) is 5.69 Å². The van der Waals surface area contributed by atoms with Gasteiger partial charge in [-0.2, -0.15) is 0 Å².